The van der Waals surface area contributed by atoms with Crippen LogP contribution in [-0.2, 0) is 48.6 Å². The molecule has 1 aromatic rings. The summed E-state index contributed by atoms with van der Waals surface area (Å²) >= 11 is 0. The summed E-state index contributed by atoms with van der Waals surface area (Å²) in [6, 6.07) is 9.12. The van der Waals surface area contributed by atoms with Crippen LogP contribution in [0.3, 0.4) is 0 Å². The minimum Gasteiger partial charge on any atom is -0.497 e. The fourth-order valence-electron chi connectivity index (χ4n) is 8.80. The quantitative estimate of drug-likeness (QED) is 0.0414. The molecular formula is C54H98O11Si3. The Labute approximate surface area is 417 Å². The van der Waals surface area contributed by atoms with E-state index in [0.717, 1.165) is 54.4 Å². The monoisotopic (exact) mass is 1010 g/mol. The highest BCUT2D eigenvalue weighted by Crippen LogP contribution is 2.46. The van der Waals surface area contributed by atoms with Crippen LogP contribution in [0.4, 0.5) is 0 Å². The topological polar surface area (TPSA) is 113 Å². The minimum absolute atomic E-state index is 0.00320. The van der Waals surface area contributed by atoms with E-state index in [1.54, 1.807) is 7.11 Å². The smallest absolute Gasteiger partial charge is 0.192 e. The molecule has 1 N–H and O–H groups in total. The second-order valence-corrected chi connectivity index (χ2v) is 40.2. The van der Waals surface area contributed by atoms with Crippen LogP contribution < -0.4 is 4.74 Å². The zero-order valence-corrected chi connectivity index (χ0v) is 49.1. The van der Waals surface area contributed by atoms with E-state index in [9.17, 15) is 5.11 Å². The predicted molar refractivity (Wildman–Crippen MR) is 283 cm³/mol. The van der Waals surface area contributed by atoms with Crippen molar-refractivity contribution in [2.45, 2.75) is 237 Å². The Balaban J connectivity index is 1.51. The Kier molecular flexibility index (Phi) is 21.5. The summed E-state index contributed by atoms with van der Waals surface area (Å²) < 4.78 is 64.7. The molecule has 392 valence electrons. The van der Waals surface area contributed by atoms with Gasteiger partial charge in [-0.2, -0.15) is 0 Å². The lowest BCUT2D eigenvalue weighted by molar-refractivity contribution is -0.205. The predicted octanol–water partition coefficient (Wildman–Crippen LogP) is 12.5. The van der Waals surface area contributed by atoms with Crippen LogP contribution in [-0.4, -0.2) is 124 Å². The number of rotatable bonds is 26. The summed E-state index contributed by atoms with van der Waals surface area (Å²) in [6.45, 7) is 49.7. The third kappa shape index (κ3) is 17.8. The van der Waals surface area contributed by atoms with Crippen LogP contribution in [0.25, 0.3) is 0 Å². The number of aliphatic hydroxyl groups excluding tert-OH is 1. The molecule has 0 spiro atoms. The molecule has 68 heavy (non-hydrogen) atoms. The van der Waals surface area contributed by atoms with Crippen LogP contribution >= 0.6 is 0 Å². The van der Waals surface area contributed by atoms with Gasteiger partial charge in [0.25, 0.3) is 0 Å². The Morgan fingerprint density at radius 2 is 1.49 bits per heavy atom. The molecule has 0 saturated carbocycles. The first-order valence-electron chi connectivity index (χ1n) is 25.7. The molecule has 0 aromatic heterocycles. The first kappa shape index (κ1) is 59.3. The maximum atomic E-state index is 12.3. The third-order valence-electron chi connectivity index (χ3n) is 15.5. The van der Waals surface area contributed by atoms with Crippen LogP contribution in [0.15, 0.2) is 48.6 Å². The number of hydrogen-bond donors (Lipinski definition) is 1. The van der Waals surface area contributed by atoms with Crippen molar-refractivity contribution < 1.29 is 51.9 Å². The van der Waals surface area contributed by atoms with Crippen molar-refractivity contribution in [3.05, 3.63) is 54.1 Å². The van der Waals surface area contributed by atoms with Gasteiger partial charge in [0, 0.05) is 33.4 Å². The first-order chi connectivity index (χ1) is 31.3. The summed E-state index contributed by atoms with van der Waals surface area (Å²) in [6.07, 6.45) is 1.49. The first-order valence-corrected chi connectivity index (χ1v) is 35.3. The minimum atomic E-state index is -2.31. The molecule has 0 unspecified atom stereocenters. The van der Waals surface area contributed by atoms with Gasteiger partial charge >= 0.3 is 0 Å². The van der Waals surface area contributed by atoms with E-state index < -0.39 is 42.7 Å². The summed E-state index contributed by atoms with van der Waals surface area (Å²) in [4.78, 5) is 0. The molecular weight excluding hydrogens is 909 g/mol. The van der Waals surface area contributed by atoms with E-state index >= 15 is 0 Å². The molecule has 14 heteroatoms. The van der Waals surface area contributed by atoms with Crippen molar-refractivity contribution in [3.8, 4) is 5.75 Å². The molecule has 3 fully saturated rings. The van der Waals surface area contributed by atoms with E-state index in [-0.39, 0.29) is 71.4 Å². The van der Waals surface area contributed by atoms with Gasteiger partial charge < -0.3 is 51.9 Å². The number of hydrogen-bond acceptors (Lipinski definition) is 11. The average molecular weight is 1010 g/mol. The van der Waals surface area contributed by atoms with Gasteiger partial charge in [0.2, 0.25) is 0 Å². The molecule has 0 amide bonds. The van der Waals surface area contributed by atoms with Crippen molar-refractivity contribution in [2.75, 3.05) is 33.7 Å². The van der Waals surface area contributed by atoms with E-state index in [1.807, 2.05) is 38.1 Å². The van der Waals surface area contributed by atoms with Crippen molar-refractivity contribution in [3.63, 3.8) is 0 Å². The highest BCUT2D eigenvalue weighted by molar-refractivity contribution is 6.76. The highest BCUT2D eigenvalue weighted by atomic mass is 28.4. The SMILES string of the molecule is C=C([C@H](C)C[C@@H](CC[C@@H]1O[C@@H](COCOCC[Si](C)(C)C)CC1=C)OCc1ccc(OC)cc1)[C@H](O)C[C@@H]1O[C@@H](C[C@@H]2COC(C)(C)O2)[C@@H](O[Si](C)(C)C(C)(C)C)[C@H](C)[C@H]1O[Si](C)(C)C(C)(C)C. The lowest BCUT2D eigenvalue weighted by Gasteiger charge is -2.53. The van der Waals surface area contributed by atoms with Crippen molar-refractivity contribution in [2.24, 2.45) is 11.8 Å². The number of methoxy groups -OCH3 is 1. The van der Waals surface area contributed by atoms with Gasteiger partial charge in [-0.05, 0) is 117 Å². The Morgan fingerprint density at radius 3 is 2.03 bits per heavy atom. The standard InChI is InChI=1S/C54H98O11Si3/c1-37(29-43(59-33-41-21-23-42(56-13)24-22-41)25-26-47-38(2)30-44(61-47)34-58-36-57-27-28-66(14,15)16)39(3)46(55)32-49-51(65-68(19,20)53(8,9)10)40(4)50(64-67(17,18)52(5,6)7)48(62-49)31-45-35-60-54(11,12)63-45/h21-24,37,40,43-51,55H,2-3,25-36H2,1,4-20H3/t37-,40+,43-,44-,45-,46-,47+,48+,49+,50+,51-/m1/s1. The molecule has 0 bridgehead atoms. The highest BCUT2D eigenvalue weighted by Gasteiger charge is 2.53. The van der Waals surface area contributed by atoms with Gasteiger partial charge in [0.15, 0.2) is 22.4 Å². The van der Waals surface area contributed by atoms with Crippen LogP contribution in [0.1, 0.15) is 113 Å². The van der Waals surface area contributed by atoms with E-state index in [0.29, 0.717) is 39.1 Å². The molecule has 3 aliphatic heterocycles. The summed E-state index contributed by atoms with van der Waals surface area (Å²) in [5.41, 5.74) is 2.91. The number of benzene rings is 1. The lowest BCUT2D eigenvalue weighted by Crippen LogP contribution is -2.62. The lowest BCUT2D eigenvalue weighted by atomic mass is 9.82. The largest absolute Gasteiger partial charge is 0.497 e. The molecule has 4 rings (SSSR count). The Bertz CT molecular complexity index is 1720. The molecule has 3 aliphatic rings. The molecule has 0 aliphatic carbocycles. The number of aliphatic hydroxyl groups is 1. The maximum Gasteiger partial charge on any atom is 0.192 e. The number of ether oxygens (including phenoxy) is 8. The molecule has 0 radical (unpaired) electrons. The maximum absolute atomic E-state index is 12.3. The van der Waals surface area contributed by atoms with Crippen molar-refractivity contribution in [1.29, 1.82) is 0 Å². The van der Waals surface area contributed by atoms with E-state index in [2.05, 4.69) is 114 Å². The van der Waals surface area contributed by atoms with Gasteiger partial charge in [0.05, 0.1) is 81.9 Å². The Morgan fingerprint density at radius 1 is 0.882 bits per heavy atom. The van der Waals surface area contributed by atoms with Crippen molar-refractivity contribution in [1.82, 2.24) is 0 Å². The van der Waals surface area contributed by atoms with Crippen LogP contribution in [0, 0.1) is 11.8 Å². The average Bonchev–Trinajstić information content (AvgIpc) is 3.76. The fourth-order valence-corrected chi connectivity index (χ4v) is 12.4. The van der Waals surface area contributed by atoms with E-state index in [1.165, 1.54) is 0 Å². The molecule has 11 nitrogen and oxygen atoms in total. The van der Waals surface area contributed by atoms with Gasteiger partial charge in [-0.1, -0.05) is 100 Å². The van der Waals surface area contributed by atoms with Gasteiger partial charge in [-0.25, -0.2) is 0 Å². The van der Waals surface area contributed by atoms with Gasteiger partial charge in [-0.3, -0.25) is 0 Å². The molecule has 1 aromatic carbocycles. The second-order valence-electron chi connectivity index (χ2n) is 25.1. The second kappa shape index (κ2) is 24.7. The molecule has 3 heterocycles. The third-order valence-corrected chi connectivity index (χ3v) is 26.1. The molecule has 3 saturated heterocycles. The summed E-state index contributed by atoms with van der Waals surface area (Å²) in [5, 5.41) is 12.3. The van der Waals surface area contributed by atoms with E-state index in [4.69, 9.17) is 46.7 Å². The zero-order valence-electron chi connectivity index (χ0n) is 46.1. The zero-order chi connectivity index (χ0) is 51.0. The van der Waals surface area contributed by atoms with Crippen LogP contribution in [0.2, 0.25) is 61.9 Å². The Hall–Kier alpha value is -1.25. The van der Waals surface area contributed by atoms with Crippen molar-refractivity contribution >= 4 is 24.7 Å². The van der Waals surface area contributed by atoms with Gasteiger partial charge in [-0.15, -0.1) is 0 Å². The summed E-state index contributed by atoms with van der Waals surface area (Å²) in [7, 11) is -4.05. The molecule has 11 atom stereocenters. The van der Waals surface area contributed by atoms with Gasteiger partial charge in [0.1, 0.15) is 12.5 Å². The van der Waals surface area contributed by atoms with Crippen LogP contribution in [0.5, 0.6) is 5.75 Å². The normalized spacial score (nSPS) is 27.6. The fraction of sp³-hybridized carbons (Fsp3) is 0.815. The summed E-state index contributed by atoms with van der Waals surface area (Å²) in [5.74, 6) is 0.0725.